The van der Waals surface area contributed by atoms with E-state index in [0.717, 1.165) is 0 Å². The molecule has 1 aliphatic rings. The van der Waals surface area contributed by atoms with Crippen LogP contribution >= 0.6 is 0 Å². The average molecular weight is 239 g/mol. The maximum absolute atomic E-state index is 12.0. The number of rotatable bonds is 2. The molecule has 0 saturated heterocycles. The number of carboxylic acid groups (broad SMARTS) is 1. The summed E-state index contributed by atoms with van der Waals surface area (Å²) in [5.74, 6) is -4.22. The van der Waals surface area contributed by atoms with Gasteiger partial charge in [0.1, 0.15) is 0 Å². The van der Waals surface area contributed by atoms with E-state index in [0.29, 0.717) is 6.42 Å². The predicted molar refractivity (Wildman–Crippen MR) is 47.6 cm³/mol. The standard InChI is InChI=1S/C9H12F3NO3/c1-8(13-7(16)9(10,11)12)4-2-3-5(8)6(14)15/h5H,2-4H2,1H3,(H,13,16)(H,14,15)/t5-,8-/m0/s1. The highest BCUT2D eigenvalue weighted by molar-refractivity contribution is 5.83. The van der Waals surface area contributed by atoms with Crippen LogP contribution in [0.2, 0.25) is 0 Å². The molecule has 0 aromatic rings. The molecular formula is C9H12F3NO3. The summed E-state index contributed by atoms with van der Waals surface area (Å²) in [7, 11) is 0. The molecule has 4 nitrogen and oxygen atoms in total. The van der Waals surface area contributed by atoms with Gasteiger partial charge in [-0.15, -0.1) is 0 Å². The second-order valence-electron chi connectivity index (χ2n) is 4.15. The molecular weight excluding hydrogens is 227 g/mol. The molecule has 2 N–H and O–H groups in total. The number of amides is 1. The zero-order valence-corrected chi connectivity index (χ0v) is 8.60. The number of hydrogen-bond acceptors (Lipinski definition) is 2. The van der Waals surface area contributed by atoms with Crippen molar-refractivity contribution in [2.24, 2.45) is 5.92 Å². The molecule has 16 heavy (non-hydrogen) atoms. The van der Waals surface area contributed by atoms with Crippen LogP contribution < -0.4 is 5.32 Å². The quantitative estimate of drug-likeness (QED) is 0.763. The van der Waals surface area contributed by atoms with Crippen molar-refractivity contribution in [2.45, 2.75) is 37.9 Å². The maximum atomic E-state index is 12.0. The van der Waals surface area contributed by atoms with Gasteiger partial charge in [0.05, 0.1) is 11.5 Å². The number of aliphatic carboxylic acids is 1. The van der Waals surface area contributed by atoms with Gasteiger partial charge in [0.2, 0.25) is 0 Å². The number of halogens is 3. The maximum Gasteiger partial charge on any atom is 0.471 e. The van der Waals surface area contributed by atoms with E-state index >= 15 is 0 Å². The van der Waals surface area contributed by atoms with Crippen molar-refractivity contribution < 1.29 is 27.9 Å². The Morgan fingerprint density at radius 1 is 1.44 bits per heavy atom. The molecule has 0 aliphatic heterocycles. The number of carboxylic acids is 1. The number of nitrogens with one attached hydrogen (secondary N) is 1. The molecule has 0 unspecified atom stereocenters. The van der Waals surface area contributed by atoms with E-state index in [4.69, 9.17) is 5.11 Å². The van der Waals surface area contributed by atoms with E-state index in [9.17, 15) is 22.8 Å². The summed E-state index contributed by atoms with van der Waals surface area (Å²) in [4.78, 5) is 21.6. The molecule has 1 saturated carbocycles. The molecule has 1 amide bonds. The third kappa shape index (κ3) is 2.45. The van der Waals surface area contributed by atoms with E-state index in [1.807, 2.05) is 0 Å². The molecule has 1 rings (SSSR count). The van der Waals surface area contributed by atoms with Crippen LogP contribution in [0.5, 0.6) is 0 Å². The zero-order chi connectivity index (χ0) is 12.6. The number of carbonyl (C=O) groups excluding carboxylic acids is 1. The van der Waals surface area contributed by atoms with Crippen molar-refractivity contribution in [1.82, 2.24) is 5.32 Å². The second kappa shape index (κ2) is 3.95. The normalized spacial score (nSPS) is 30.1. The highest BCUT2D eigenvalue weighted by atomic mass is 19.4. The van der Waals surface area contributed by atoms with Crippen molar-refractivity contribution in [3.8, 4) is 0 Å². The van der Waals surface area contributed by atoms with Gasteiger partial charge in [0.25, 0.3) is 0 Å². The van der Waals surface area contributed by atoms with Crippen molar-refractivity contribution in [2.75, 3.05) is 0 Å². The van der Waals surface area contributed by atoms with Crippen molar-refractivity contribution in [3.05, 3.63) is 0 Å². The zero-order valence-electron chi connectivity index (χ0n) is 8.60. The molecule has 2 atom stereocenters. The summed E-state index contributed by atoms with van der Waals surface area (Å²) < 4.78 is 36.1. The van der Waals surface area contributed by atoms with Crippen molar-refractivity contribution in [3.63, 3.8) is 0 Å². The minimum Gasteiger partial charge on any atom is -0.481 e. The van der Waals surface area contributed by atoms with Crippen LogP contribution in [0, 0.1) is 5.92 Å². The van der Waals surface area contributed by atoms with E-state index in [1.54, 1.807) is 5.32 Å². The van der Waals surface area contributed by atoms with Crippen LogP contribution in [-0.4, -0.2) is 28.7 Å². The molecule has 0 aromatic heterocycles. The molecule has 1 aliphatic carbocycles. The summed E-state index contributed by atoms with van der Waals surface area (Å²) >= 11 is 0. The summed E-state index contributed by atoms with van der Waals surface area (Å²) in [6, 6.07) is 0. The first-order chi connectivity index (χ1) is 7.17. The Labute approximate surface area is 89.8 Å². The minimum absolute atomic E-state index is 0.242. The number of hydrogen-bond donors (Lipinski definition) is 2. The molecule has 0 bridgehead atoms. The third-order valence-electron chi connectivity index (χ3n) is 2.91. The first-order valence-corrected chi connectivity index (χ1v) is 4.79. The topological polar surface area (TPSA) is 66.4 Å². The van der Waals surface area contributed by atoms with Crippen LogP contribution in [0.1, 0.15) is 26.2 Å². The molecule has 7 heteroatoms. The minimum atomic E-state index is -4.98. The Morgan fingerprint density at radius 3 is 2.44 bits per heavy atom. The monoisotopic (exact) mass is 239 g/mol. The van der Waals surface area contributed by atoms with Gasteiger partial charge in [-0.05, 0) is 19.8 Å². The Morgan fingerprint density at radius 2 is 2.00 bits per heavy atom. The summed E-state index contributed by atoms with van der Waals surface area (Å²) in [5.41, 5.74) is -1.31. The fourth-order valence-corrected chi connectivity index (χ4v) is 2.04. The van der Waals surface area contributed by atoms with E-state index in [2.05, 4.69) is 0 Å². The highest BCUT2D eigenvalue weighted by Gasteiger charge is 2.49. The fourth-order valence-electron chi connectivity index (χ4n) is 2.04. The van der Waals surface area contributed by atoms with Crippen molar-refractivity contribution in [1.29, 1.82) is 0 Å². The fraction of sp³-hybridized carbons (Fsp3) is 0.778. The summed E-state index contributed by atoms with van der Waals surface area (Å²) in [6.07, 6.45) is -3.96. The lowest BCUT2D eigenvalue weighted by Gasteiger charge is -2.30. The van der Waals surface area contributed by atoms with Gasteiger partial charge in [-0.1, -0.05) is 6.42 Å². The predicted octanol–water partition coefficient (Wildman–Crippen LogP) is 1.31. The largest absolute Gasteiger partial charge is 0.481 e. The van der Waals surface area contributed by atoms with E-state index < -0.39 is 29.5 Å². The molecule has 1 fully saturated rings. The van der Waals surface area contributed by atoms with Crippen LogP contribution in [-0.2, 0) is 9.59 Å². The Bertz CT molecular complexity index is 316. The first kappa shape index (κ1) is 12.8. The highest BCUT2D eigenvalue weighted by Crippen LogP contribution is 2.36. The SMILES string of the molecule is C[C@]1(NC(=O)C(F)(F)F)CCC[C@H]1C(=O)O. The molecule has 0 aromatic carbocycles. The smallest absolute Gasteiger partial charge is 0.471 e. The molecule has 0 spiro atoms. The molecule has 0 radical (unpaired) electrons. The van der Waals surface area contributed by atoms with Gasteiger partial charge in [-0.2, -0.15) is 13.2 Å². The van der Waals surface area contributed by atoms with Crippen LogP contribution in [0.25, 0.3) is 0 Å². The number of carbonyl (C=O) groups is 2. The third-order valence-corrected chi connectivity index (χ3v) is 2.91. The Balaban J connectivity index is 2.79. The lowest BCUT2D eigenvalue weighted by Crippen LogP contribution is -2.54. The van der Waals surface area contributed by atoms with Gasteiger partial charge in [0, 0.05) is 0 Å². The van der Waals surface area contributed by atoms with E-state index in [-0.39, 0.29) is 12.8 Å². The Hall–Kier alpha value is -1.27. The van der Waals surface area contributed by atoms with Gasteiger partial charge in [-0.25, -0.2) is 0 Å². The number of alkyl halides is 3. The lowest BCUT2D eigenvalue weighted by atomic mass is 9.89. The second-order valence-corrected chi connectivity index (χ2v) is 4.15. The van der Waals surface area contributed by atoms with Crippen LogP contribution in [0.4, 0.5) is 13.2 Å². The molecule has 92 valence electrons. The lowest BCUT2D eigenvalue weighted by molar-refractivity contribution is -0.176. The van der Waals surface area contributed by atoms with Gasteiger partial charge in [-0.3, -0.25) is 9.59 Å². The molecule has 0 heterocycles. The first-order valence-electron chi connectivity index (χ1n) is 4.79. The Kier molecular flexibility index (Phi) is 3.16. The summed E-state index contributed by atoms with van der Waals surface area (Å²) in [5, 5.41) is 10.6. The van der Waals surface area contributed by atoms with Gasteiger partial charge in [0.15, 0.2) is 0 Å². The van der Waals surface area contributed by atoms with Crippen molar-refractivity contribution >= 4 is 11.9 Å². The summed E-state index contributed by atoms with van der Waals surface area (Å²) in [6.45, 7) is 1.34. The van der Waals surface area contributed by atoms with E-state index in [1.165, 1.54) is 6.92 Å². The van der Waals surface area contributed by atoms with Gasteiger partial charge < -0.3 is 10.4 Å². The van der Waals surface area contributed by atoms with Crippen LogP contribution in [0.15, 0.2) is 0 Å². The average Bonchev–Trinajstić information content (AvgIpc) is 2.45. The van der Waals surface area contributed by atoms with Crippen LogP contribution in [0.3, 0.4) is 0 Å². The van der Waals surface area contributed by atoms with Gasteiger partial charge >= 0.3 is 18.1 Å².